The third-order valence-corrected chi connectivity index (χ3v) is 2.98. The van der Waals surface area contributed by atoms with Crippen LogP contribution in [-0.2, 0) is 12.0 Å². The highest BCUT2D eigenvalue weighted by molar-refractivity contribution is 5.42. The van der Waals surface area contributed by atoms with E-state index >= 15 is 0 Å². The molecule has 2 rings (SSSR count). The van der Waals surface area contributed by atoms with Crippen LogP contribution in [0.1, 0.15) is 24.1 Å². The summed E-state index contributed by atoms with van der Waals surface area (Å²) in [6, 6.07) is 3.40. The van der Waals surface area contributed by atoms with Crippen LogP contribution in [0.3, 0.4) is 0 Å². The summed E-state index contributed by atoms with van der Waals surface area (Å²) in [6.45, 7) is 0. The van der Waals surface area contributed by atoms with Gasteiger partial charge in [-0.3, -0.25) is 0 Å². The van der Waals surface area contributed by atoms with Gasteiger partial charge in [0, 0.05) is 7.05 Å². The minimum atomic E-state index is -4.40. The number of hydrogen-bond donors (Lipinski definition) is 2. The van der Waals surface area contributed by atoms with Gasteiger partial charge >= 0.3 is 6.18 Å². The molecule has 0 saturated heterocycles. The van der Waals surface area contributed by atoms with Crippen molar-refractivity contribution in [3.63, 3.8) is 0 Å². The van der Waals surface area contributed by atoms with Crippen LogP contribution in [-0.4, -0.2) is 23.3 Å². The molecule has 2 N–H and O–H groups in total. The van der Waals surface area contributed by atoms with Gasteiger partial charge in [0.2, 0.25) is 0 Å². The highest BCUT2D eigenvalue weighted by atomic mass is 19.4. The molecular formula is C11H13F3N2O. The molecule has 1 aromatic rings. The zero-order valence-corrected chi connectivity index (χ0v) is 9.30. The molecular weight excluding hydrogens is 233 g/mol. The minimum Gasteiger partial charge on any atom is -0.383 e. The fourth-order valence-electron chi connectivity index (χ4n) is 2.20. The van der Waals surface area contributed by atoms with Crippen molar-refractivity contribution in [3.05, 3.63) is 23.4 Å². The summed E-state index contributed by atoms with van der Waals surface area (Å²) in [7, 11) is 1.63. The summed E-state index contributed by atoms with van der Waals surface area (Å²) in [5.41, 5.74) is -1.03. The van der Waals surface area contributed by atoms with E-state index in [9.17, 15) is 18.3 Å². The quantitative estimate of drug-likeness (QED) is 0.841. The second-order valence-corrected chi connectivity index (χ2v) is 4.28. The normalized spacial score (nSPS) is 23.6. The van der Waals surface area contributed by atoms with E-state index in [-0.39, 0.29) is 12.1 Å². The second-order valence-electron chi connectivity index (χ2n) is 4.28. The molecule has 1 unspecified atom stereocenters. The number of aliphatic hydroxyl groups is 1. The Balaban J connectivity index is 2.37. The van der Waals surface area contributed by atoms with E-state index in [0.29, 0.717) is 17.8 Å². The number of halogens is 3. The predicted octanol–water partition coefficient (Wildman–Crippen LogP) is 2.21. The molecule has 3 nitrogen and oxygen atoms in total. The van der Waals surface area contributed by atoms with Gasteiger partial charge in [0.15, 0.2) is 0 Å². The number of fused-ring (bicyclic) bond motifs is 1. The summed E-state index contributed by atoms with van der Waals surface area (Å²) in [5.74, 6) is 0.464. The predicted molar refractivity (Wildman–Crippen MR) is 56.7 cm³/mol. The van der Waals surface area contributed by atoms with Crippen molar-refractivity contribution >= 4 is 5.82 Å². The standard InChI is InChI=1S/C11H13F3N2O/c1-15-8-3-2-7-4-5-10(17,9(7)16-8)6-11(12,13)14/h2-3,17H,4-6H2,1H3,(H,15,16). The Morgan fingerprint density at radius 3 is 2.76 bits per heavy atom. The van der Waals surface area contributed by atoms with Gasteiger partial charge in [-0.2, -0.15) is 13.2 Å². The van der Waals surface area contributed by atoms with Crippen LogP contribution < -0.4 is 5.32 Å². The molecule has 0 amide bonds. The van der Waals surface area contributed by atoms with E-state index in [4.69, 9.17) is 0 Å². The maximum absolute atomic E-state index is 12.4. The fraction of sp³-hybridized carbons (Fsp3) is 0.545. The fourth-order valence-corrected chi connectivity index (χ4v) is 2.20. The van der Waals surface area contributed by atoms with Gasteiger partial charge in [-0.1, -0.05) is 6.07 Å². The first-order valence-electron chi connectivity index (χ1n) is 5.31. The molecule has 0 spiro atoms. The highest BCUT2D eigenvalue weighted by Gasteiger charge is 2.47. The summed E-state index contributed by atoms with van der Waals surface area (Å²) >= 11 is 0. The number of hydrogen-bond acceptors (Lipinski definition) is 3. The van der Waals surface area contributed by atoms with Crippen LogP contribution in [0.15, 0.2) is 12.1 Å². The van der Waals surface area contributed by atoms with Gasteiger partial charge in [0.05, 0.1) is 12.1 Å². The monoisotopic (exact) mass is 246 g/mol. The lowest BCUT2D eigenvalue weighted by atomic mass is 9.96. The molecule has 1 aliphatic rings. The Labute approximate surface area is 96.7 Å². The van der Waals surface area contributed by atoms with Gasteiger partial charge < -0.3 is 10.4 Å². The number of nitrogens with one attached hydrogen (secondary N) is 1. The molecule has 6 heteroatoms. The van der Waals surface area contributed by atoms with Gasteiger partial charge in [-0.05, 0) is 24.5 Å². The van der Waals surface area contributed by atoms with Gasteiger partial charge in [-0.15, -0.1) is 0 Å². The van der Waals surface area contributed by atoms with Crippen LogP contribution in [0.2, 0.25) is 0 Å². The van der Waals surface area contributed by atoms with E-state index in [1.165, 1.54) is 0 Å². The number of nitrogens with zero attached hydrogens (tertiary/aromatic N) is 1. The van der Waals surface area contributed by atoms with Gasteiger partial charge in [0.25, 0.3) is 0 Å². The molecule has 0 fully saturated rings. The maximum atomic E-state index is 12.4. The van der Waals surface area contributed by atoms with Crippen LogP contribution in [0.25, 0.3) is 0 Å². The second kappa shape index (κ2) is 3.87. The van der Waals surface area contributed by atoms with Crippen LogP contribution in [0.5, 0.6) is 0 Å². The summed E-state index contributed by atoms with van der Waals surface area (Å²) in [4.78, 5) is 4.05. The summed E-state index contributed by atoms with van der Waals surface area (Å²) in [5, 5.41) is 12.8. The lowest BCUT2D eigenvalue weighted by Crippen LogP contribution is -2.30. The lowest BCUT2D eigenvalue weighted by Gasteiger charge is -2.24. The Kier molecular flexibility index (Phi) is 2.77. The minimum absolute atomic E-state index is 0.0714. The van der Waals surface area contributed by atoms with E-state index in [2.05, 4.69) is 10.3 Å². The number of aryl methyl sites for hydroxylation is 1. The molecule has 0 saturated carbocycles. The third-order valence-electron chi connectivity index (χ3n) is 2.98. The van der Waals surface area contributed by atoms with Crippen LogP contribution in [0.4, 0.5) is 19.0 Å². The number of pyridine rings is 1. The van der Waals surface area contributed by atoms with E-state index in [1.807, 2.05) is 0 Å². The zero-order valence-electron chi connectivity index (χ0n) is 9.30. The Bertz CT molecular complexity index is 433. The van der Waals surface area contributed by atoms with Crippen LogP contribution in [0, 0.1) is 0 Å². The van der Waals surface area contributed by atoms with Crippen molar-refractivity contribution in [1.82, 2.24) is 4.98 Å². The summed E-state index contributed by atoms with van der Waals surface area (Å²) in [6.07, 6.45) is -5.14. The van der Waals surface area contributed by atoms with E-state index in [0.717, 1.165) is 0 Å². The molecule has 0 aliphatic heterocycles. The molecule has 94 valence electrons. The van der Waals surface area contributed by atoms with Crippen molar-refractivity contribution in [2.24, 2.45) is 0 Å². The van der Waals surface area contributed by atoms with E-state index in [1.54, 1.807) is 19.2 Å². The first-order valence-corrected chi connectivity index (χ1v) is 5.31. The third kappa shape index (κ3) is 2.36. The van der Waals surface area contributed by atoms with Gasteiger partial charge in [0.1, 0.15) is 11.4 Å². The Morgan fingerprint density at radius 2 is 2.18 bits per heavy atom. The Hall–Kier alpha value is -1.30. The van der Waals surface area contributed by atoms with Crippen molar-refractivity contribution in [1.29, 1.82) is 0 Å². The largest absolute Gasteiger partial charge is 0.392 e. The molecule has 0 aromatic carbocycles. The molecule has 0 bridgehead atoms. The van der Waals surface area contributed by atoms with E-state index < -0.39 is 18.2 Å². The van der Waals surface area contributed by atoms with Crippen molar-refractivity contribution in [3.8, 4) is 0 Å². The summed E-state index contributed by atoms with van der Waals surface area (Å²) < 4.78 is 37.3. The topological polar surface area (TPSA) is 45.2 Å². The zero-order chi connectivity index (χ0) is 12.7. The molecule has 0 radical (unpaired) electrons. The van der Waals surface area contributed by atoms with Crippen molar-refractivity contribution < 1.29 is 18.3 Å². The average Bonchev–Trinajstić information content (AvgIpc) is 2.53. The first kappa shape index (κ1) is 12.2. The average molecular weight is 246 g/mol. The Morgan fingerprint density at radius 1 is 1.47 bits per heavy atom. The number of alkyl halides is 3. The van der Waals surface area contributed by atoms with Crippen molar-refractivity contribution in [2.75, 3.05) is 12.4 Å². The molecule has 1 atom stereocenters. The first-order chi connectivity index (χ1) is 7.84. The number of rotatable bonds is 2. The van der Waals surface area contributed by atoms with Gasteiger partial charge in [-0.25, -0.2) is 4.98 Å². The molecule has 1 aromatic heterocycles. The lowest BCUT2D eigenvalue weighted by molar-refractivity contribution is -0.178. The van der Waals surface area contributed by atoms with Crippen molar-refractivity contribution in [2.45, 2.75) is 31.0 Å². The smallest absolute Gasteiger partial charge is 0.383 e. The maximum Gasteiger partial charge on any atom is 0.392 e. The molecule has 1 heterocycles. The molecule has 17 heavy (non-hydrogen) atoms. The SMILES string of the molecule is CNc1ccc2c(n1)C(O)(CC(F)(F)F)CC2. The molecule has 1 aliphatic carbocycles. The number of aromatic nitrogens is 1. The highest BCUT2D eigenvalue weighted by Crippen LogP contribution is 2.43. The number of anilines is 1. The van der Waals surface area contributed by atoms with Crippen LogP contribution >= 0.6 is 0 Å².